The van der Waals surface area contributed by atoms with Gasteiger partial charge >= 0.3 is 0 Å². The summed E-state index contributed by atoms with van der Waals surface area (Å²) in [4.78, 5) is 0. The fraction of sp³-hybridized carbons (Fsp3) is 0.294. The molecule has 1 unspecified atom stereocenters. The van der Waals surface area contributed by atoms with Crippen molar-refractivity contribution in [2.75, 3.05) is 6.54 Å². The van der Waals surface area contributed by atoms with Crippen molar-refractivity contribution in [1.82, 2.24) is 5.32 Å². The zero-order valence-corrected chi connectivity index (χ0v) is 14.0. The number of hydrogen-bond donors (Lipinski definition) is 1. The monoisotopic (exact) mass is 351 g/mol. The zero-order valence-electron chi connectivity index (χ0n) is 12.4. The summed E-state index contributed by atoms with van der Waals surface area (Å²) >= 11 is 3.46. The third-order valence-electron chi connectivity index (χ3n) is 3.27. The van der Waals surface area contributed by atoms with E-state index in [-0.39, 0.29) is 17.6 Å². The van der Waals surface area contributed by atoms with Gasteiger partial charge in [-0.3, -0.25) is 0 Å². The molecule has 0 fully saturated rings. The van der Waals surface area contributed by atoms with E-state index in [0.717, 1.165) is 22.1 Å². The third-order valence-corrected chi connectivity index (χ3v) is 3.89. The predicted molar refractivity (Wildman–Crippen MR) is 87.4 cm³/mol. The first-order chi connectivity index (χ1) is 10.0. The van der Waals surface area contributed by atoms with Crippen LogP contribution in [0.5, 0.6) is 11.5 Å². The first kappa shape index (κ1) is 16.0. The minimum Gasteiger partial charge on any atom is -0.453 e. The summed E-state index contributed by atoms with van der Waals surface area (Å²) < 4.78 is 20.8. The van der Waals surface area contributed by atoms with Gasteiger partial charge in [0.15, 0.2) is 11.6 Å². The van der Waals surface area contributed by atoms with Crippen LogP contribution in [0.4, 0.5) is 4.39 Å². The number of aryl methyl sites for hydroxylation is 1. The Morgan fingerprint density at radius 2 is 2.05 bits per heavy atom. The van der Waals surface area contributed by atoms with Crippen LogP contribution in [0, 0.1) is 12.7 Å². The highest BCUT2D eigenvalue weighted by atomic mass is 79.9. The highest BCUT2D eigenvalue weighted by Gasteiger charge is 2.16. The SMILES string of the molecule is CCNC(C)c1cccc(F)c1Oc1ccc(C)cc1Br. The lowest BCUT2D eigenvalue weighted by Gasteiger charge is -2.18. The van der Waals surface area contributed by atoms with Gasteiger partial charge in [0.2, 0.25) is 0 Å². The van der Waals surface area contributed by atoms with Crippen LogP contribution in [0.15, 0.2) is 40.9 Å². The summed E-state index contributed by atoms with van der Waals surface area (Å²) in [5, 5.41) is 3.28. The number of benzene rings is 2. The molecule has 0 aliphatic heterocycles. The van der Waals surface area contributed by atoms with Crippen LogP contribution in [0.3, 0.4) is 0 Å². The molecular formula is C17H19BrFNO. The molecule has 112 valence electrons. The molecule has 1 N–H and O–H groups in total. The van der Waals surface area contributed by atoms with Gasteiger partial charge in [0.05, 0.1) is 4.47 Å². The van der Waals surface area contributed by atoms with Crippen molar-refractivity contribution in [3.8, 4) is 11.5 Å². The van der Waals surface area contributed by atoms with Gasteiger partial charge in [-0.25, -0.2) is 4.39 Å². The van der Waals surface area contributed by atoms with Gasteiger partial charge in [-0.1, -0.05) is 25.1 Å². The number of hydrogen-bond acceptors (Lipinski definition) is 2. The molecule has 0 amide bonds. The van der Waals surface area contributed by atoms with E-state index in [4.69, 9.17) is 4.74 Å². The lowest BCUT2D eigenvalue weighted by molar-refractivity contribution is 0.424. The quantitative estimate of drug-likeness (QED) is 0.782. The normalized spacial score (nSPS) is 12.2. The Kier molecular flexibility index (Phi) is 5.37. The Balaban J connectivity index is 2.38. The Bertz CT molecular complexity index is 630. The van der Waals surface area contributed by atoms with Gasteiger partial charge < -0.3 is 10.1 Å². The van der Waals surface area contributed by atoms with Gasteiger partial charge in [-0.2, -0.15) is 0 Å². The van der Waals surface area contributed by atoms with Crippen LogP contribution < -0.4 is 10.1 Å². The first-order valence-electron chi connectivity index (χ1n) is 6.98. The first-order valence-corrected chi connectivity index (χ1v) is 7.78. The maximum atomic E-state index is 14.2. The third kappa shape index (κ3) is 3.83. The van der Waals surface area contributed by atoms with Crippen LogP contribution in [0.1, 0.15) is 31.0 Å². The molecule has 0 aromatic heterocycles. The summed E-state index contributed by atoms with van der Waals surface area (Å²) in [7, 11) is 0. The smallest absolute Gasteiger partial charge is 0.167 e. The molecule has 0 aliphatic carbocycles. The molecule has 0 heterocycles. The molecule has 2 aromatic carbocycles. The molecule has 4 heteroatoms. The number of halogens is 2. The van der Waals surface area contributed by atoms with Crippen molar-refractivity contribution in [3.63, 3.8) is 0 Å². The van der Waals surface area contributed by atoms with Crippen LogP contribution in [0.25, 0.3) is 0 Å². The minimum atomic E-state index is -0.357. The number of nitrogens with one attached hydrogen (secondary N) is 1. The van der Waals surface area contributed by atoms with E-state index < -0.39 is 0 Å². The standard InChI is InChI=1S/C17H19BrFNO/c1-4-20-12(3)13-6-5-7-15(19)17(13)21-16-9-8-11(2)10-14(16)18/h5-10,12,20H,4H2,1-3H3. The van der Waals surface area contributed by atoms with Gasteiger partial charge in [0, 0.05) is 11.6 Å². The average molecular weight is 352 g/mol. The van der Waals surface area contributed by atoms with E-state index >= 15 is 0 Å². The van der Waals surface area contributed by atoms with Crippen LogP contribution >= 0.6 is 15.9 Å². The molecule has 2 aromatic rings. The Labute approximate surface area is 133 Å². The van der Waals surface area contributed by atoms with Crippen molar-refractivity contribution in [2.24, 2.45) is 0 Å². The highest BCUT2D eigenvalue weighted by molar-refractivity contribution is 9.10. The number of para-hydroxylation sites is 1. The molecule has 0 saturated heterocycles. The minimum absolute atomic E-state index is 0.0184. The van der Waals surface area contributed by atoms with E-state index in [0.29, 0.717) is 5.75 Å². The van der Waals surface area contributed by atoms with E-state index in [1.807, 2.05) is 45.0 Å². The summed E-state index contributed by atoms with van der Waals surface area (Å²) in [5.41, 5.74) is 1.92. The van der Waals surface area contributed by atoms with Crippen molar-refractivity contribution in [2.45, 2.75) is 26.8 Å². The van der Waals surface area contributed by atoms with Crippen molar-refractivity contribution >= 4 is 15.9 Å². The number of rotatable bonds is 5. The topological polar surface area (TPSA) is 21.3 Å². The van der Waals surface area contributed by atoms with E-state index in [9.17, 15) is 4.39 Å². The predicted octanol–water partition coefficient (Wildman–Crippen LogP) is 5.36. The Morgan fingerprint density at radius 3 is 2.71 bits per heavy atom. The second-order valence-electron chi connectivity index (χ2n) is 4.97. The van der Waals surface area contributed by atoms with Crippen LogP contribution in [-0.2, 0) is 0 Å². The fourth-order valence-corrected chi connectivity index (χ4v) is 2.76. The lowest BCUT2D eigenvalue weighted by atomic mass is 10.1. The van der Waals surface area contributed by atoms with Gasteiger partial charge in [-0.15, -0.1) is 0 Å². The molecule has 0 bridgehead atoms. The molecule has 1 atom stereocenters. The van der Waals surface area contributed by atoms with E-state index in [2.05, 4.69) is 21.2 Å². The summed E-state index contributed by atoms with van der Waals surface area (Å²) in [5.74, 6) is 0.524. The van der Waals surface area contributed by atoms with Gasteiger partial charge in [0.1, 0.15) is 5.75 Å². The van der Waals surface area contributed by atoms with Crippen molar-refractivity contribution in [1.29, 1.82) is 0 Å². The molecular weight excluding hydrogens is 333 g/mol. The fourth-order valence-electron chi connectivity index (χ4n) is 2.19. The van der Waals surface area contributed by atoms with Crippen molar-refractivity contribution in [3.05, 3.63) is 57.8 Å². The average Bonchev–Trinajstić information content (AvgIpc) is 2.43. The molecule has 0 aliphatic rings. The number of ether oxygens (including phenoxy) is 1. The highest BCUT2D eigenvalue weighted by Crippen LogP contribution is 2.35. The zero-order chi connectivity index (χ0) is 15.4. The summed E-state index contributed by atoms with van der Waals surface area (Å²) in [6.07, 6.45) is 0. The van der Waals surface area contributed by atoms with Crippen LogP contribution in [-0.4, -0.2) is 6.54 Å². The second-order valence-corrected chi connectivity index (χ2v) is 5.83. The molecule has 2 nitrogen and oxygen atoms in total. The maximum absolute atomic E-state index is 14.2. The van der Waals surface area contributed by atoms with Gasteiger partial charge in [-0.05, 0) is 60.1 Å². The summed E-state index contributed by atoms with van der Waals surface area (Å²) in [6.45, 7) is 6.82. The Hall–Kier alpha value is -1.39. The van der Waals surface area contributed by atoms with E-state index in [1.165, 1.54) is 6.07 Å². The molecule has 21 heavy (non-hydrogen) atoms. The van der Waals surface area contributed by atoms with Crippen LogP contribution in [0.2, 0.25) is 0 Å². The van der Waals surface area contributed by atoms with Crippen molar-refractivity contribution < 1.29 is 9.13 Å². The largest absolute Gasteiger partial charge is 0.453 e. The van der Waals surface area contributed by atoms with E-state index in [1.54, 1.807) is 6.07 Å². The maximum Gasteiger partial charge on any atom is 0.167 e. The molecule has 2 rings (SSSR count). The van der Waals surface area contributed by atoms with Gasteiger partial charge in [0.25, 0.3) is 0 Å². The lowest BCUT2D eigenvalue weighted by Crippen LogP contribution is -2.18. The molecule has 0 saturated carbocycles. The molecule has 0 radical (unpaired) electrons. The second kappa shape index (κ2) is 7.05. The Morgan fingerprint density at radius 1 is 1.29 bits per heavy atom. The summed E-state index contributed by atoms with van der Waals surface area (Å²) in [6, 6.07) is 10.7. The molecule has 0 spiro atoms.